The number of ether oxygens (including phenoxy) is 1. The first-order valence-electron chi connectivity index (χ1n) is 4.01. The molecule has 0 radical (unpaired) electrons. The summed E-state index contributed by atoms with van der Waals surface area (Å²) in [5, 5.41) is 8.98. The number of hydrogen-bond donors (Lipinski definition) is 3. The van der Waals surface area contributed by atoms with Crippen molar-refractivity contribution in [1.82, 2.24) is 0 Å². The molecule has 4 nitrogen and oxygen atoms in total. The topological polar surface area (TPSA) is 81.5 Å². The molecule has 1 aromatic carbocycles. The van der Waals surface area contributed by atoms with Crippen LogP contribution in [0.15, 0.2) is 12.1 Å². The summed E-state index contributed by atoms with van der Waals surface area (Å²) in [5.74, 6) is 0.460. The molecule has 5 heteroatoms. The van der Waals surface area contributed by atoms with Gasteiger partial charge in [0.15, 0.2) is 6.29 Å². The summed E-state index contributed by atoms with van der Waals surface area (Å²) >= 11 is 0. The van der Waals surface area contributed by atoms with Crippen LogP contribution in [0.4, 0.5) is 11.4 Å². The highest BCUT2D eigenvalue weighted by atomic mass is 35.5. The van der Waals surface area contributed by atoms with Crippen LogP contribution < -0.4 is 16.2 Å². The van der Waals surface area contributed by atoms with Crippen molar-refractivity contribution >= 4 is 23.8 Å². The largest absolute Gasteiger partial charge is 0.463 e. The number of benzene rings is 1. The van der Waals surface area contributed by atoms with Gasteiger partial charge in [-0.3, -0.25) is 0 Å². The van der Waals surface area contributed by atoms with Gasteiger partial charge < -0.3 is 21.3 Å². The third kappa shape index (κ3) is 2.97. The molecule has 0 aliphatic heterocycles. The van der Waals surface area contributed by atoms with Crippen LogP contribution in [0.5, 0.6) is 5.75 Å². The van der Waals surface area contributed by atoms with Gasteiger partial charge in [-0.1, -0.05) is 0 Å². The van der Waals surface area contributed by atoms with Gasteiger partial charge in [-0.15, -0.1) is 12.4 Å². The van der Waals surface area contributed by atoms with E-state index >= 15 is 0 Å². The Labute approximate surface area is 89.3 Å². The van der Waals surface area contributed by atoms with E-state index in [0.717, 1.165) is 5.56 Å². The van der Waals surface area contributed by atoms with Gasteiger partial charge in [-0.05, 0) is 31.5 Å². The maximum atomic E-state index is 8.98. The molecule has 0 fully saturated rings. The van der Waals surface area contributed by atoms with Crippen LogP contribution in [0, 0.1) is 6.92 Å². The van der Waals surface area contributed by atoms with Crippen LogP contribution in [0.1, 0.15) is 12.5 Å². The van der Waals surface area contributed by atoms with E-state index in [1.807, 2.05) is 6.92 Å². The fraction of sp³-hybridized carbons (Fsp3) is 0.333. The zero-order chi connectivity index (χ0) is 10.0. The van der Waals surface area contributed by atoms with E-state index in [0.29, 0.717) is 17.1 Å². The summed E-state index contributed by atoms with van der Waals surface area (Å²) in [6.07, 6.45) is -0.870. The fourth-order valence-corrected chi connectivity index (χ4v) is 1.00. The molecule has 0 spiro atoms. The van der Waals surface area contributed by atoms with Gasteiger partial charge in [-0.25, -0.2) is 0 Å². The molecule has 0 aromatic heterocycles. The fourth-order valence-electron chi connectivity index (χ4n) is 1.00. The summed E-state index contributed by atoms with van der Waals surface area (Å²) in [5.41, 5.74) is 13.2. The zero-order valence-corrected chi connectivity index (χ0v) is 8.97. The van der Waals surface area contributed by atoms with Crippen molar-refractivity contribution in [2.24, 2.45) is 0 Å². The third-order valence-corrected chi connectivity index (χ3v) is 1.70. The summed E-state index contributed by atoms with van der Waals surface area (Å²) in [6, 6.07) is 3.32. The van der Waals surface area contributed by atoms with E-state index in [-0.39, 0.29) is 12.4 Å². The number of rotatable bonds is 2. The van der Waals surface area contributed by atoms with Crippen molar-refractivity contribution in [3.63, 3.8) is 0 Å². The Balaban J connectivity index is 0.00000169. The first kappa shape index (κ1) is 12.9. The summed E-state index contributed by atoms with van der Waals surface area (Å²) in [7, 11) is 0. The molecule has 0 saturated heterocycles. The standard InChI is InChI=1S/C9H14N2O2.ClH/c1-5-3-9(13-6(2)12)8(11)4-7(5)10;/h3-4,6,12H,10-11H2,1-2H3;1H. The maximum Gasteiger partial charge on any atom is 0.194 e. The molecular weight excluding hydrogens is 204 g/mol. The van der Waals surface area contributed by atoms with E-state index in [1.54, 1.807) is 12.1 Å². The summed E-state index contributed by atoms with van der Waals surface area (Å²) < 4.78 is 5.06. The molecule has 1 unspecified atom stereocenters. The average molecular weight is 219 g/mol. The predicted molar refractivity (Wildman–Crippen MR) is 59.6 cm³/mol. The molecule has 0 bridgehead atoms. The van der Waals surface area contributed by atoms with Crippen molar-refractivity contribution in [3.8, 4) is 5.75 Å². The lowest BCUT2D eigenvalue weighted by Gasteiger charge is -2.12. The Bertz CT molecular complexity index is 316. The molecule has 14 heavy (non-hydrogen) atoms. The number of nitrogen functional groups attached to an aromatic ring is 2. The second kappa shape index (κ2) is 4.93. The minimum atomic E-state index is -0.870. The lowest BCUT2D eigenvalue weighted by Crippen LogP contribution is -2.11. The number of aliphatic hydroxyl groups is 1. The number of halogens is 1. The van der Waals surface area contributed by atoms with Crippen molar-refractivity contribution in [1.29, 1.82) is 0 Å². The quantitative estimate of drug-likeness (QED) is 0.516. The van der Waals surface area contributed by atoms with Crippen LogP contribution in [-0.4, -0.2) is 11.4 Å². The molecule has 1 atom stereocenters. The van der Waals surface area contributed by atoms with Crippen LogP contribution in [0.3, 0.4) is 0 Å². The van der Waals surface area contributed by atoms with Crippen molar-refractivity contribution < 1.29 is 9.84 Å². The number of hydrogen-bond acceptors (Lipinski definition) is 4. The van der Waals surface area contributed by atoms with Crippen LogP contribution in [0.25, 0.3) is 0 Å². The summed E-state index contributed by atoms with van der Waals surface area (Å²) in [4.78, 5) is 0. The van der Waals surface area contributed by atoms with Gasteiger partial charge in [0.25, 0.3) is 0 Å². The minimum Gasteiger partial charge on any atom is -0.463 e. The number of nitrogens with two attached hydrogens (primary N) is 2. The third-order valence-electron chi connectivity index (χ3n) is 1.70. The number of aliphatic hydroxyl groups excluding tert-OH is 1. The Morgan fingerprint density at radius 1 is 1.29 bits per heavy atom. The lowest BCUT2D eigenvalue weighted by atomic mass is 10.1. The van der Waals surface area contributed by atoms with Gasteiger partial charge in [0.2, 0.25) is 0 Å². The second-order valence-corrected chi connectivity index (χ2v) is 2.96. The molecule has 1 rings (SSSR count). The molecule has 0 aliphatic carbocycles. The van der Waals surface area contributed by atoms with E-state index in [4.69, 9.17) is 21.3 Å². The van der Waals surface area contributed by atoms with Crippen molar-refractivity contribution in [2.75, 3.05) is 11.5 Å². The zero-order valence-electron chi connectivity index (χ0n) is 8.15. The highest BCUT2D eigenvalue weighted by molar-refractivity contribution is 5.85. The molecule has 0 heterocycles. The van der Waals surface area contributed by atoms with Crippen LogP contribution in [0.2, 0.25) is 0 Å². The number of aryl methyl sites for hydroxylation is 1. The monoisotopic (exact) mass is 218 g/mol. The maximum absolute atomic E-state index is 8.98. The first-order chi connectivity index (χ1) is 6.00. The highest BCUT2D eigenvalue weighted by Crippen LogP contribution is 2.27. The highest BCUT2D eigenvalue weighted by Gasteiger charge is 2.05. The smallest absolute Gasteiger partial charge is 0.194 e. The minimum absolute atomic E-state index is 0. The van der Waals surface area contributed by atoms with E-state index in [2.05, 4.69) is 0 Å². The van der Waals surface area contributed by atoms with Gasteiger partial charge in [0, 0.05) is 5.69 Å². The Morgan fingerprint density at radius 2 is 1.86 bits per heavy atom. The van der Waals surface area contributed by atoms with Crippen molar-refractivity contribution in [3.05, 3.63) is 17.7 Å². The summed E-state index contributed by atoms with van der Waals surface area (Å²) in [6.45, 7) is 3.37. The van der Waals surface area contributed by atoms with Gasteiger partial charge in [0.05, 0.1) is 5.69 Å². The lowest BCUT2D eigenvalue weighted by molar-refractivity contribution is 0.000254. The first-order valence-corrected chi connectivity index (χ1v) is 4.01. The molecular formula is C9H15ClN2O2. The van der Waals surface area contributed by atoms with E-state index < -0.39 is 6.29 Å². The molecule has 80 valence electrons. The van der Waals surface area contributed by atoms with Crippen molar-refractivity contribution in [2.45, 2.75) is 20.1 Å². The van der Waals surface area contributed by atoms with Gasteiger partial charge >= 0.3 is 0 Å². The van der Waals surface area contributed by atoms with Gasteiger partial charge in [0.1, 0.15) is 5.75 Å². The number of anilines is 2. The van der Waals surface area contributed by atoms with Crippen LogP contribution in [-0.2, 0) is 0 Å². The van der Waals surface area contributed by atoms with Crippen LogP contribution >= 0.6 is 12.4 Å². The second-order valence-electron chi connectivity index (χ2n) is 2.96. The Morgan fingerprint density at radius 3 is 2.36 bits per heavy atom. The average Bonchev–Trinajstić information content (AvgIpc) is 1.99. The molecule has 0 amide bonds. The van der Waals surface area contributed by atoms with E-state index in [1.165, 1.54) is 6.92 Å². The Hall–Kier alpha value is -1.13. The molecule has 0 saturated carbocycles. The normalized spacial score (nSPS) is 11.6. The van der Waals surface area contributed by atoms with Gasteiger partial charge in [-0.2, -0.15) is 0 Å². The molecule has 1 aromatic rings. The van der Waals surface area contributed by atoms with E-state index in [9.17, 15) is 0 Å². The molecule has 5 N–H and O–H groups in total. The Kier molecular flexibility index (Phi) is 4.53. The molecule has 0 aliphatic rings. The SMILES string of the molecule is Cc1cc(OC(C)O)c(N)cc1N.Cl. The predicted octanol–water partition coefficient (Wildman–Crippen LogP) is 1.30.